The summed E-state index contributed by atoms with van der Waals surface area (Å²) in [6, 6.07) is 8.77. The molecule has 1 amide bonds. The Hall–Kier alpha value is -3.38. The third-order valence-electron chi connectivity index (χ3n) is 5.80. The van der Waals surface area contributed by atoms with Gasteiger partial charge in [0, 0.05) is 13.1 Å². The summed E-state index contributed by atoms with van der Waals surface area (Å²) in [5, 5.41) is 14.6. The molecule has 0 aliphatic carbocycles. The monoisotopic (exact) mass is 499 g/mol. The Morgan fingerprint density at radius 2 is 2.03 bits per heavy atom. The number of hydrogen-bond donors (Lipinski definition) is 1. The fourth-order valence-electron chi connectivity index (χ4n) is 4.05. The van der Waals surface area contributed by atoms with Gasteiger partial charge in [0.1, 0.15) is 17.3 Å². The first-order chi connectivity index (χ1) is 16.7. The van der Waals surface area contributed by atoms with Crippen LogP contribution in [0.3, 0.4) is 0 Å². The molecule has 1 N–H and O–H groups in total. The van der Waals surface area contributed by atoms with Crippen molar-refractivity contribution in [2.24, 2.45) is 0 Å². The van der Waals surface area contributed by atoms with Crippen LogP contribution in [0.1, 0.15) is 54.7 Å². The van der Waals surface area contributed by atoms with Crippen molar-refractivity contribution in [2.75, 3.05) is 24.7 Å². The molecule has 1 aliphatic heterocycles. The van der Waals surface area contributed by atoms with Gasteiger partial charge in [0.05, 0.1) is 24.5 Å². The van der Waals surface area contributed by atoms with Crippen molar-refractivity contribution < 1.29 is 17.9 Å². The quantitative estimate of drug-likeness (QED) is 0.500. The molecule has 0 saturated heterocycles. The summed E-state index contributed by atoms with van der Waals surface area (Å²) < 4.78 is 33.8. The highest BCUT2D eigenvalue weighted by molar-refractivity contribution is 7.89. The van der Waals surface area contributed by atoms with Crippen LogP contribution >= 0.6 is 0 Å². The van der Waals surface area contributed by atoms with E-state index in [9.17, 15) is 13.2 Å². The molecule has 4 rings (SSSR count). The van der Waals surface area contributed by atoms with Gasteiger partial charge in [0.25, 0.3) is 5.91 Å². The molecule has 3 heterocycles. The zero-order valence-corrected chi connectivity index (χ0v) is 21.0. The zero-order valence-electron chi connectivity index (χ0n) is 20.2. The van der Waals surface area contributed by atoms with E-state index in [1.165, 1.54) is 11.4 Å². The van der Waals surface area contributed by atoms with Crippen LogP contribution in [0.25, 0.3) is 11.5 Å². The molecule has 0 unspecified atom stereocenters. The largest absolute Gasteiger partial charge is 0.496 e. The average molecular weight is 500 g/mol. The van der Waals surface area contributed by atoms with E-state index in [-0.39, 0.29) is 18.3 Å². The van der Waals surface area contributed by atoms with Crippen LogP contribution in [0, 0.1) is 0 Å². The lowest BCUT2D eigenvalue weighted by molar-refractivity contribution is 0.102. The predicted molar refractivity (Wildman–Crippen MR) is 131 cm³/mol. The summed E-state index contributed by atoms with van der Waals surface area (Å²) in [5.41, 5.74) is 2.59. The molecule has 0 fully saturated rings. The molecular weight excluding hydrogens is 470 g/mol. The predicted octanol–water partition coefficient (Wildman–Crippen LogP) is 2.67. The minimum atomic E-state index is -3.34. The summed E-state index contributed by atoms with van der Waals surface area (Å²) in [7, 11) is -1.83. The van der Waals surface area contributed by atoms with Crippen molar-refractivity contribution in [3.05, 3.63) is 47.0 Å². The number of carbonyl (C=O) groups excluding carboxylic acids is 1. The third-order valence-corrected chi connectivity index (χ3v) is 7.82. The molecular formula is C23H29N7O4S. The molecule has 186 valence electrons. The number of methoxy groups -OCH3 is 1. The number of pyridine rings is 1. The van der Waals surface area contributed by atoms with E-state index in [0.29, 0.717) is 48.0 Å². The van der Waals surface area contributed by atoms with Gasteiger partial charge in [-0.2, -0.15) is 4.31 Å². The fraction of sp³-hybridized carbons (Fsp3) is 0.435. The number of carbonyl (C=O) groups is 1. The molecule has 3 aromatic rings. The van der Waals surface area contributed by atoms with Gasteiger partial charge in [-0.15, -0.1) is 5.10 Å². The molecule has 0 saturated carbocycles. The van der Waals surface area contributed by atoms with Gasteiger partial charge in [-0.1, -0.05) is 13.0 Å². The number of fused-ring (bicyclic) bond motifs is 1. The fourth-order valence-corrected chi connectivity index (χ4v) is 5.53. The Morgan fingerprint density at radius 3 is 2.74 bits per heavy atom. The lowest BCUT2D eigenvalue weighted by Gasteiger charge is -2.29. The second kappa shape index (κ2) is 10.1. The average Bonchev–Trinajstić information content (AvgIpc) is 3.33. The Balaban J connectivity index is 1.60. The topological polar surface area (TPSA) is 132 Å². The number of amides is 1. The Morgan fingerprint density at radius 1 is 1.23 bits per heavy atom. The van der Waals surface area contributed by atoms with Gasteiger partial charge in [-0.3, -0.25) is 4.79 Å². The summed E-state index contributed by atoms with van der Waals surface area (Å²) in [5.74, 6) is 0.944. The van der Waals surface area contributed by atoms with Gasteiger partial charge < -0.3 is 10.1 Å². The molecule has 1 aliphatic rings. The first-order valence-corrected chi connectivity index (χ1v) is 13.1. The third kappa shape index (κ3) is 5.17. The first kappa shape index (κ1) is 24.7. The van der Waals surface area contributed by atoms with Gasteiger partial charge in [-0.05, 0) is 72.5 Å². The minimum Gasteiger partial charge on any atom is -0.496 e. The second-order valence-electron chi connectivity index (χ2n) is 8.62. The summed E-state index contributed by atoms with van der Waals surface area (Å²) in [6.07, 6.45) is 1.11. The molecule has 2 aromatic heterocycles. The van der Waals surface area contributed by atoms with Crippen molar-refractivity contribution in [3.63, 3.8) is 0 Å². The van der Waals surface area contributed by atoms with Gasteiger partial charge in [-0.25, -0.2) is 18.1 Å². The van der Waals surface area contributed by atoms with Gasteiger partial charge in [0.2, 0.25) is 15.8 Å². The van der Waals surface area contributed by atoms with Crippen molar-refractivity contribution in [1.82, 2.24) is 29.5 Å². The van der Waals surface area contributed by atoms with Crippen molar-refractivity contribution >= 4 is 21.7 Å². The van der Waals surface area contributed by atoms with Crippen LogP contribution in [0.15, 0.2) is 30.3 Å². The first-order valence-electron chi connectivity index (χ1n) is 11.5. The highest BCUT2D eigenvalue weighted by Gasteiger charge is 2.28. The summed E-state index contributed by atoms with van der Waals surface area (Å²) in [6.45, 7) is 6.41. The van der Waals surface area contributed by atoms with Crippen LogP contribution in [0.5, 0.6) is 5.75 Å². The molecule has 0 spiro atoms. The molecule has 11 nitrogen and oxygen atoms in total. The maximum Gasteiger partial charge on any atom is 0.260 e. The number of benzene rings is 1. The number of tetrazole rings is 1. The molecule has 1 aromatic carbocycles. The maximum atomic E-state index is 13.2. The normalized spacial score (nSPS) is 14.1. The zero-order chi connectivity index (χ0) is 25.2. The van der Waals surface area contributed by atoms with Crippen molar-refractivity contribution in [3.8, 4) is 17.3 Å². The van der Waals surface area contributed by atoms with E-state index < -0.39 is 15.9 Å². The number of rotatable bonds is 8. The van der Waals surface area contributed by atoms with E-state index in [1.54, 1.807) is 28.9 Å². The second-order valence-corrected chi connectivity index (χ2v) is 10.7. The smallest absolute Gasteiger partial charge is 0.260 e. The van der Waals surface area contributed by atoms with E-state index in [1.807, 2.05) is 26.8 Å². The number of anilines is 1. The molecule has 0 bridgehead atoms. The number of hydrogen-bond acceptors (Lipinski definition) is 8. The highest BCUT2D eigenvalue weighted by atomic mass is 32.2. The van der Waals surface area contributed by atoms with Gasteiger partial charge >= 0.3 is 0 Å². The van der Waals surface area contributed by atoms with E-state index in [2.05, 4.69) is 25.8 Å². The van der Waals surface area contributed by atoms with Crippen LogP contribution in [-0.4, -0.2) is 63.2 Å². The number of nitrogens with one attached hydrogen (secondary N) is 1. The lowest BCUT2D eigenvalue weighted by Crippen LogP contribution is -2.37. The molecule has 0 radical (unpaired) electrons. The number of aromatic nitrogens is 5. The highest BCUT2D eigenvalue weighted by Crippen LogP contribution is 2.30. The van der Waals surface area contributed by atoms with Crippen molar-refractivity contribution in [2.45, 2.75) is 46.2 Å². The van der Waals surface area contributed by atoms with Crippen LogP contribution in [0.2, 0.25) is 0 Å². The van der Waals surface area contributed by atoms with E-state index in [0.717, 1.165) is 11.1 Å². The summed E-state index contributed by atoms with van der Waals surface area (Å²) in [4.78, 5) is 17.7. The van der Waals surface area contributed by atoms with Crippen LogP contribution < -0.4 is 10.1 Å². The number of nitrogens with zero attached hydrogens (tertiary/aromatic N) is 6. The van der Waals surface area contributed by atoms with Crippen LogP contribution in [0.4, 0.5) is 5.82 Å². The number of sulfonamides is 1. The lowest BCUT2D eigenvalue weighted by atomic mass is 9.97. The maximum absolute atomic E-state index is 13.2. The van der Waals surface area contributed by atoms with E-state index in [4.69, 9.17) is 4.74 Å². The van der Waals surface area contributed by atoms with E-state index >= 15 is 0 Å². The Kier molecular flexibility index (Phi) is 7.13. The minimum absolute atomic E-state index is 0.0421. The molecule has 0 atom stereocenters. The number of ether oxygens (including phenoxy) is 1. The van der Waals surface area contributed by atoms with Crippen molar-refractivity contribution in [1.29, 1.82) is 0 Å². The van der Waals surface area contributed by atoms with Gasteiger partial charge in [0.15, 0.2) is 0 Å². The Bertz CT molecular complexity index is 1340. The molecule has 35 heavy (non-hydrogen) atoms. The SMILES string of the molecule is CCCS(=O)(=O)N1CCc2cc(OC)c(C(=O)Nc3cccc(-c4nnnn4C(C)C)n3)cc2C1. The van der Waals surface area contributed by atoms with Crippen LogP contribution in [-0.2, 0) is 23.0 Å². The standard InChI is InChI=1S/C23H29N7O4S/c1-5-11-35(32,33)29-10-9-16-13-20(34-4)18(12-17(16)14-29)23(31)25-21-8-6-7-19(24-21)22-26-27-28-30(22)15(2)3/h6-8,12-13,15H,5,9-11,14H2,1-4H3,(H,24,25,31). The summed E-state index contributed by atoms with van der Waals surface area (Å²) >= 11 is 0. The molecule has 12 heteroatoms. The Labute approximate surface area is 204 Å².